The summed E-state index contributed by atoms with van der Waals surface area (Å²) in [6.07, 6.45) is 2.50. The Balaban J connectivity index is 1.76. The second-order valence-corrected chi connectivity index (χ2v) is 12.8. The number of fused-ring (bicyclic) bond motifs is 1. The Kier molecular flexibility index (Phi) is 8.41. The summed E-state index contributed by atoms with van der Waals surface area (Å²) >= 11 is 6.79. The molecule has 1 aromatic carbocycles. The quantitative estimate of drug-likeness (QED) is 0.278. The number of carbonyl (C=O) groups is 1. The van der Waals surface area contributed by atoms with Crippen LogP contribution in [-0.2, 0) is 11.2 Å². The molecule has 2 aromatic heterocycles. The van der Waals surface area contributed by atoms with Crippen LogP contribution >= 0.6 is 22.6 Å². The maximum absolute atomic E-state index is 15.0. The smallest absolute Gasteiger partial charge is 0.246 e. The maximum atomic E-state index is 15.0. The summed E-state index contributed by atoms with van der Waals surface area (Å²) in [6.45, 7) is 11.9. The average Bonchev–Trinajstić information content (AvgIpc) is 2.94. The summed E-state index contributed by atoms with van der Waals surface area (Å²) in [4.78, 5) is 25.5. The number of nitrogens with zero attached hydrogens (tertiary/aromatic N) is 6. The summed E-state index contributed by atoms with van der Waals surface area (Å²) in [6, 6.07) is 8.91. The van der Waals surface area contributed by atoms with E-state index in [-0.39, 0.29) is 45.9 Å². The molecular weight excluding hydrogens is 593 g/mol. The standard InChI is InChI=1S/C30H35ClFN7O3S/c1-6-10-24-28(17(3)13-25(33)34-24)39-29-21(14-22(31)27(35-29)20-11-8-9-12-23(20)32)30(36-43(39,41)42)38-16-18(4)37(15-19(38)5)26(40)7-2/h7-9,11-14,18-19,41-42H,2,6,10,15-16H2,1,3-5H3,(H2,33,34)/t18-,19+/m1/s1. The molecule has 13 heteroatoms. The van der Waals surface area contributed by atoms with Crippen LogP contribution in [0, 0.1) is 12.7 Å². The van der Waals surface area contributed by atoms with Gasteiger partial charge in [-0.3, -0.25) is 13.9 Å². The van der Waals surface area contributed by atoms with Crippen LogP contribution in [0.15, 0.2) is 53.5 Å². The molecule has 0 radical (unpaired) electrons. The molecule has 4 heterocycles. The number of nitrogens with two attached hydrogens (primary N) is 1. The third-order valence-electron chi connectivity index (χ3n) is 7.65. The van der Waals surface area contributed by atoms with E-state index >= 15 is 4.39 Å². The van der Waals surface area contributed by atoms with Crippen LogP contribution < -0.4 is 10.0 Å². The summed E-state index contributed by atoms with van der Waals surface area (Å²) in [5.41, 5.74) is 8.42. The van der Waals surface area contributed by atoms with Crippen molar-refractivity contribution in [1.29, 1.82) is 0 Å². The van der Waals surface area contributed by atoms with Gasteiger partial charge in [0, 0.05) is 30.7 Å². The van der Waals surface area contributed by atoms with Crippen LogP contribution in [0.2, 0.25) is 5.02 Å². The van der Waals surface area contributed by atoms with Crippen molar-refractivity contribution in [3.63, 3.8) is 0 Å². The molecule has 10 nitrogen and oxygen atoms in total. The van der Waals surface area contributed by atoms with E-state index in [1.807, 2.05) is 25.7 Å². The van der Waals surface area contributed by atoms with Crippen molar-refractivity contribution in [1.82, 2.24) is 19.8 Å². The SMILES string of the molecule is C=CC(=O)N1C[C@H](C)N(C2=NS(O)(O)N(c3c(C)cc(N)nc3CCC)c3nc(-c4ccccc4F)c(Cl)cc32)C[C@H]1C. The number of amides is 1. The van der Waals surface area contributed by atoms with Crippen molar-refractivity contribution in [2.75, 3.05) is 23.1 Å². The van der Waals surface area contributed by atoms with E-state index in [9.17, 15) is 13.9 Å². The lowest BCUT2D eigenvalue weighted by molar-refractivity contribution is -0.130. The van der Waals surface area contributed by atoms with Gasteiger partial charge in [0.15, 0.2) is 11.7 Å². The zero-order valence-electron chi connectivity index (χ0n) is 24.5. The number of aryl methyl sites for hydroxylation is 2. The number of nitrogen functional groups attached to an aromatic ring is 1. The van der Waals surface area contributed by atoms with Gasteiger partial charge in [-0.2, -0.15) is 4.31 Å². The fourth-order valence-corrected chi connectivity index (χ4v) is 7.33. The highest BCUT2D eigenvalue weighted by Crippen LogP contribution is 2.58. The Morgan fingerprint density at radius 3 is 2.58 bits per heavy atom. The molecule has 43 heavy (non-hydrogen) atoms. The number of rotatable bonds is 5. The summed E-state index contributed by atoms with van der Waals surface area (Å²) in [5, 5.41) is 0.164. The van der Waals surface area contributed by atoms with Crippen LogP contribution in [0.1, 0.15) is 44.0 Å². The number of hydrogen-bond donors (Lipinski definition) is 3. The predicted octanol–water partition coefficient (Wildman–Crippen LogP) is 6.37. The number of aromatic nitrogens is 2. The first kappa shape index (κ1) is 30.7. The summed E-state index contributed by atoms with van der Waals surface area (Å²) in [7, 11) is -3.96. The summed E-state index contributed by atoms with van der Waals surface area (Å²) in [5.74, 6) is -0.00175. The number of hydrogen-bond acceptors (Lipinski definition) is 9. The zero-order chi connectivity index (χ0) is 31.2. The number of pyridine rings is 2. The highest BCUT2D eigenvalue weighted by Gasteiger charge is 2.42. The number of amidine groups is 1. The minimum atomic E-state index is -3.96. The van der Waals surface area contributed by atoms with Gasteiger partial charge in [-0.25, -0.2) is 14.4 Å². The lowest BCUT2D eigenvalue weighted by Gasteiger charge is -2.49. The Morgan fingerprint density at radius 2 is 1.91 bits per heavy atom. The molecule has 2 atom stereocenters. The van der Waals surface area contributed by atoms with E-state index < -0.39 is 16.8 Å². The molecule has 1 fully saturated rings. The van der Waals surface area contributed by atoms with E-state index in [4.69, 9.17) is 22.3 Å². The Morgan fingerprint density at radius 1 is 1.19 bits per heavy atom. The van der Waals surface area contributed by atoms with Crippen molar-refractivity contribution in [3.8, 4) is 11.3 Å². The van der Waals surface area contributed by atoms with Crippen molar-refractivity contribution >= 4 is 51.6 Å². The molecule has 1 saturated heterocycles. The Labute approximate surface area is 257 Å². The van der Waals surface area contributed by atoms with Gasteiger partial charge in [-0.05, 0) is 74.1 Å². The number of piperazine rings is 1. The van der Waals surface area contributed by atoms with Crippen LogP contribution in [0.3, 0.4) is 0 Å². The molecule has 5 rings (SSSR count). The van der Waals surface area contributed by atoms with Gasteiger partial charge in [0.25, 0.3) is 0 Å². The second kappa shape index (κ2) is 11.8. The van der Waals surface area contributed by atoms with E-state index in [0.717, 1.165) is 6.42 Å². The van der Waals surface area contributed by atoms with Crippen LogP contribution in [-0.4, -0.2) is 65.8 Å². The van der Waals surface area contributed by atoms with Gasteiger partial charge >= 0.3 is 0 Å². The van der Waals surface area contributed by atoms with Gasteiger partial charge in [0.1, 0.15) is 11.6 Å². The fraction of sp³-hybridized carbons (Fsp3) is 0.333. The molecule has 0 unspecified atom stereocenters. The molecule has 0 aliphatic carbocycles. The lowest BCUT2D eigenvalue weighted by atomic mass is 10.0. The predicted molar refractivity (Wildman–Crippen MR) is 171 cm³/mol. The van der Waals surface area contributed by atoms with Gasteiger partial charge < -0.3 is 15.5 Å². The minimum Gasteiger partial charge on any atom is -0.384 e. The van der Waals surface area contributed by atoms with Crippen molar-refractivity contribution in [2.45, 2.75) is 52.6 Å². The first-order valence-electron chi connectivity index (χ1n) is 14.0. The number of halogens is 2. The van der Waals surface area contributed by atoms with Crippen molar-refractivity contribution < 1.29 is 18.3 Å². The molecule has 2 aliphatic heterocycles. The molecule has 0 spiro atoms. The van der Waals surface area contributed by atoms with E-state index in [2.05, 4.69) is 16.0 Å². The molecule has 3 aromatic rings. The van der Waals surface area contributed by atoms with E-state index in [0.29, 0.717) is 47.8 Å². The lowest BCUT2D eigenvalue weighted by Crippen LogP contribution is -2.59. The molecule has 0 saturated carbocycles. The Bertz CT molecular complexity index is 1640. The van der Waals surface area contributed by atoms with E-state index in [1.165, 1.54) is 16.4 Å². The van der Waals surface area contributed by atoms with Crippen molar-refractivity contribution in [2.24, 2.45) is 4.40 Å². The monoisotopic (exact) mass is 627 g/mol. The molecule has 4 N–H and O–H groups in total. The highest BCUT2D eigenvalue weighted by molar-refractivity contribution is 8.24. The fourth-order valence-electron chi connectivity index (χ4n) is 5.69. The van der Waals surface area contributed by atoms with Crippen LogP contribution in [0.5, 0.6) is 0 Å². The summed E-state index contributed by atoms with van der Waals surface area (Å²) < 4.78 is 44.5. The first-order chi connectivity index (χ1) is 20.4. The average molecular weight is 628 g/mol. The van der Waals surface area contributed by atoms with Crippen LogP contribution in [0.4, 0.5) is 21.7 Å². The number of benzene rings is 1. The molecule has 1 amide bonds. The third kappa shape index (κ3) is 5.55. The highest BCUT2D eigenvalue weighted by atomic mass is 35.5. The second-order valence-electron chi connectivity index (χ2n) is 10.8. The third-order valence-corrected chi connectivity index (χ3v) is 9.20. The van der Waals surface area contributed by atoms with Gasteiger partial charge in [-0.15, -0.1) is 4.40 Å². The first-order valence-corrected chi connectivity index (χ1v) is 15.8. The normalized spacial score (nSPS) is 20.4. The van der Waals surface area contributed by atoms with Gasteiger partial charge in [-0.1, -0.05) is 43.7 Å². The largest absolute Gasteiger partial charge is 0.384 e. The van der Waals surface area contributed by atoms with Crippen LogP contribution in [0.25, 0.3) is 11.3 Å². The topological polar surface area (TPSA) is 131 Å². The molecular formula is C30H35ClFN7O3S. The van der Waals surface area contributed by atoms with Gasteiger partial charge in [0.2, 0.25) is 5.91 Å². The number of anilines is 3. The van der Waals surface area contributed by atoms with E-state index in [1.54, 1.807) is 42.2 Å². The molecule has 0 bridgehead atoms. The van der Waals surface area contributed by atoms with Crippen molar-refractivity contribution in [3.05, 3.63) is 76.7 Å². The molecule has 2 aliphatic rings. The Hall–Kier alpha value is -3.71. The number of carbonyl (C=O) groups excluding carboxylic acids is 1. The zero-order valence-corrected chi connectivity index (χ0v) is 26.0. The molecule has 228 valence electrons. The van der Waals surface area contributed by atoms with Gasteiger partial charge in [0.05, 0.1) is 27.7 Å². The maximum Gasteiger partial charge on any atom is 0.246 e. The minimum absolute atomic E-state index is 0.140.